The second kappa shape index (κ2) is 7.98. The van der Waals surface area contributed by atoms with E-state index in [-0.39, 0.29) is 11.7 Å². The summed E-state index contributed by atoms with van der Waals surface area (Å²) in [5.41, 5.74) is 4.22. The van der Waals surface area contributed by atoms with Crippen LogP contribution in [0.4, 0.5) is 0 Å². The van der Waals surface area contributed by atoms with Crippen LogP contribution in [0.1, 0.15) is 17.5 Å². The molecule has 28 heavy (non-hydrogen) atoms. The topological polar surface area (TPSA) is 63.4 Å². The van der Waals surface area contributed by atoms with Crippen molar-refractivity contribution in [1.82, 2.24) is 19.8 Å². The highest BCUT2D eigenvalue weighted by Crippen LogP contribution is 2.25. The fraction of sp³-hybridized carbons (Fsp3) is 0.238. The third-order valence-electron chi connectivity index (χ3n) is 4.74. The molecular formula is C21H21N5OS. The maximum absolute atomic E-state index is 12.6. The Bertz CT molecular complexity index is 1030. The van der Waals surface area contributed by atoms with Gasteiger partial charge in [-0.1, -0.05) is 66.4 Å². The number of thioether (sulfide) groups is 1. The molecule has 0 bridgehead atoms. The first kappa shape index (κ1) is 18.4. The second-order valence-corrected chi connectivity index (χ2v) is 7.59. The first-order valence-electron chi connectivity index (χ1n) is 9.15. The molecule has 0 N–H and O–H groups in total. The lowest BCUT2D eigenvalue weighted by molar-refractivity contribution is -0.127. The number of benzene rings is 2. The summed E-state index contributed by atoms with van der Waals surface area (Å²) in [6, 6.07) is 18.1. The van der Waals surface area contributed by atoms with E-state index in [0.29, 0.717) is 6.54 Å². The van der Waals surface area contributed by atoms with Crippen LogP contribution in [0.2, 0.25) is 0 Å². The molecule has 1 aliphatic rings. The Labute approximate surface area is 168 Å². The van der Waals surface area contributed by atoms with E-state index in [1.165, 1.54) is 11.8 Å². The Morgan fingerprint density at radius 3 is 2.61 bits per heavy atom. The Morgan fingerprint density at radius 2 is 1.82 bits per heavy atom. The number of amides is 1. The molecule has 6 nitrogen and oxygen atoms in total. The summed E-state index contributed by atoms with van der Waals surface area (Å²) in [6.07, 6.45) is 0.780. The standard InChI is InChI=1S/C21H21N5OS/c1-15-8-6-7-11-17(15)20-22-23-21(25(20)2)28-14-19(27)26-13-12-18(24-26)16-9-4-3-5-10-16/h3-11H,12-14H2,1-2H3. The number of nitrogens with zero attached hydrogens (tertiary/aromatic N) is 5. The maximum atomic E-state index is 12.6. The van der Waals surface area contributed by atoms with Gasteiger partial charge in [0.15, 0.2) is 11.0 Å². The molecule has 1 amide bonds. The van der Waals surface area contributed by atoms with Gasteiger partial charge in [-0.05, 0) is 18.1 Å². The van der Waals surface area contributed by atoms with Crippen molar-refractivity contribution < 1.29 is 4.79 Å². The van der Waals surface area contributed by atoms with Crippen LogP contribution in [-0.2, 0) is 11.8 Å². The largest absolute Gasteiger partial charge is 0.305 e. The molecule has 0 spiro atoms. The quantitative estimate of drug-likeness (QED) is 0.624. The molecule has 0 aliphatic carbocycles. The number of carbonyl (C=O) groups is 1. The second-order valence-electron chi connectivity index (χ2n) is 6.65. The van der Waals surface area contributed by atoms with Crippen molar-refractivity contribution in [2.45, 2.75) is 18.5 Å². The molecule has 142 valence electrons. The zero-order valence-corrected chi connectivity index (χ0v) is 16.7. The summed E-state index contributed by atoms with van der Waals surface area (Å²) in [7, 11) is 1.93. The van der Waals surface area contributed by atoms with E-state index in [4.69, 9.17) is 0 Å². The van der Waals surface area contributed by atoms with Gasteiger partial charge >= 0.3 is 0 Å². The molecule has 0 unspecified atom stereocenters. The van der Waals surface area contributed by atoms with Crippen LogP contribution >= 0.6 is 11.8 Å². The molecular weight excluding hydrogens is 370 g/mol. The van der Waals surface area contributed by atoms with E-state index in [1.807, 2.05) is 60.1 Å². The Balaban J connectivity index is 1.42. The SMILES string of the molecule is Cc1ccccc1-c1nnc(SCC(=O)N2CCC(c3ccccc3)=N2)n1C. The zero-order chi connectivity index (χ0) is 19.5. The zero-order valence-electron chi connectivity index (χ0n) is 15.9. The van der Waals surface area contributed by atoms with Crippen LogP contribution in [0, 0.1) is 6.92 Å². The molecule has 0 fully saturated rings. The molecule has 2 aromatic carbocycles. The van der Waals surface area contributed by atoms with Crippen molar-refractivity contribution in [2.75, 3.05) is 12.3 Å². The number of hydrogen-bond donors (Lipinski definition) is 0. The van der Waals surface area contributed by atoms with Crippen LogP contribution in [0.3, 0.4) is 0 Å². The highest BCUT2D eigenvalue weighted by Gasteiger charge is 2.22. The van der Waals surface area contributed by atoms with Crippen molar-refractivity contribution in [1.29, 1.82) is 0 Å². The highest BCUT2D eigenvalue weighted by atomic mass is 32.2. The summed E-state index contributed by atoms with van der Waals surface area (Å²) in [5.74, 6) is 1.07. The van der Waals surface area contributed by atoms with E-state index in [1.54, 1.807) is 5.01 Å². The lowest BCUT2D eigenvalue weighted by Crippen LogP contribution is -2.25. The Hall–Kier alpha value is -2.93. The van der Waals surface area contributed by atoms with Crippen molar-refractivity contribution in [3.05, 3.63) is 65.7 Å². The normalized spacial score (nSPS) is 13.6. The van der Waals surface area contributed by atoms with Crippen LogP contribution in [0.5, 0.6) is 0 Å². The van der Waals surface area contributed by atoms with Crippen LogP contribution < -0.4 is 0 Å². The molecule has 0 saturated heterocycles. The van der Waals surface area contributed by atoms with E-state index >= 15 is 0 Å². The molecule has 2 heterocycles. The number of rotatable bonds is 5. The minimum absolute atomic E-state index is 0.0172. The van der Waals surface area contributed by atoms with E-state index in [9.17, 15) is 4.79 Å². The average molecular weight is 392 g/mol. The van der Waals surface area contributed by atoms with Crippen LogP contribution in [0.25, 0.3) is 11.4 Å². The first-order chi connectivity index (χ1) is 13.6. The molecule has 0 atom stereocenters. The number of hydrazone groups is 1. The van der Waals surface area contributed by atoms with Gasteiger partial charge in [0.2, 0.25) is 0 Å². The summed E-state index contributed by atoms with van der Waals surface area (Å²) >= 11 is 1.39. The van der Waals surface area contributed by atoms with Gasteiger partial charge in [-0.25, -0.2) is 5.01 Å². The summed E-state index contributed by atoms with van der Waals surface area (Å²) < 4.78 is 1.93. The van der Waals surface area contributed by atoms with Crippen molar-refractivity contribution >= 4 is 23.4 Å². The van der Waals surface area contributed by atoms with Gasteiger partial charge in [-0.2, -0.15) is 5.10 Å². The Morgan fingerprint density at radius 1 is 1.07 bits per heavy atom. The smallest absolute Gasteiger partial charge is 0.253 e. The highest BCUT2D eigenvalue weighted by molar-refractivity contribution is 7.99. The van der Waals surface area contributed by atoms with Gasteiger partial charge in [0.1, 0.15) is 0 Å². The molecule has 4 rings (SSSR count). The van der Waals surface area contributed by atoms with Crippen LogP contribution in [-0.4, -0.2) is 43.7 Å². The average Bonchev–Trinajstić information content (AvgIpc) is 3.35. The number of hydrogen-bond acceptors (Lipinski definition) is 5. The van der Waals surface area contributed by atoms with E-state index in [0.717, 1.165) is 39.8 Å². The molecule has 7 heteroatoms. The van der Waals surface area contributed by atoms with Gasteiger partial charge in [0.25, 0.3) is 5.91 Å². The maximum Gasteiger partial charge on any atom is 0.253 e. The molecule has 0 saturated carbocycles. The minimum atomic E-state index is -0.0172. The predicted molar refractivity (Wildman–Crippen MR) is 111 cm³/mol. The van der Waals surface area contributed by atoms with Gasteiger partial charge in [0, 0.05) is 19.0 Å². The van der Waals surface area contributed by atoms with E-state index in [2.05, 4.69) is 28.3 Å². The lowest BCUT2D eigenvalue weighted by atomic mass is 10.1. The number of aromatic nitrogens is 3. The van der Waals surface area contributed by atoms with Gasteiger partial charge < -0.3 is 4.57 Å². The van der Waals surface area contributed by atoms with Crippen molar-refractivity contribution in [2.24, 2.45) is 12.1 Å². The van der Waals surface area contributed by atoms with E-state index < -0.39 is 0 Å². The number of carbonyl (C=O) groups excluding carboxylic acids is 1. The van der Waals surface area contributed by atoms with Crippen LogP contribution in [0.15, 0.2) is 64.9 Å². The molecule has 1 aliphatic heterocycles. The first-order valence-corrected chi connectivity index (χ1v) is 10.1. The summed E-state index contributed by atoms with van der Waals surface area (Å²) in [5, 5.41) is 15.4. The molecule has 0 radical (unpaired) electrons. The van der Waals surface area contributed by atoms with Gasteiger partial charge in [-0.3, -0.25) is 4.79 Å². The fourth-order valence-electron chi connectivity index (χ4n) is 3.17. The van der Waals surface area contributed by atoms with Gasteiger partial charge in [-0.15, -0.1) is 10.2 Å². The third-order valence-corrected chi connectivity index (χ3v) is 5.75. The Kier molecular flexibility index (Phi) is 5.25. The summed E-state index contributed by atoms with van der Waals surface area (Å²) in [6.45, 7) is 2.67. The van der Waals surface area contributed by atoms with Gasteiger partial charge in [0.05, 0.1) is 18.0 Å². The number of aryl methyl sites for hydroxylation is 1. The third kappa shape index (κ3) is 3.71. The fourth-order valence-corrected chi connectivity index (χ4v) is 3.95. The minimum Gasteiger partial charge on any atom is -0.305 e. The predicted octanol–water partition coefficient (Wildman–Crippen LogP) is 3.52. The van der Waals surface area contributed by atoms with Crippen molar-refractivity contribution in [3.63, 3.8) is 0 Å². The summed E-state index contributed by atoms with van der Waals surface area (Å²) in [4.78, 5) is 12.6. The monoisotopic (exact) mass is 391 g/mol. The molecule has 3 aromatic rings. The van der Waals surface area contributed by atoms with Crippen molar-refractivity contribution in [3.8, 4) is 11.4 Å². The molecule has 1 aromatic heterocycles. The lowest BCUT2D eigenvalue weighted by Gasteiger charge is -2.11.